The number of hydrogen-bond donors (Lipinski definition) is 1. The van der Waals surface area contributed by atoms with Crippen LogP contribution in [0.1, 0.15) is 17.4 Å². The fourth-order valence-electron chi connectivity index (χ4n) is 2.33. The Kier molecular flexibility index (Phi) is 2.96. The van der Waals surface area contributed by atoms with Crippen molar-refractivity contribution in [3.63, 3.8) is 0 Å². The summed E-state index contributed by atoms with van der Waals surface area (Å²) < 4.78 is 5.31. The van der Waals surface area contributed by atoms with Gasteiger partial charge in [0.1, 0.15) is 5.75 Å². The Morgan fingerprint density at radius 2 is 2.28 bits per heavy atom. The molecule has 3 rings (SSSR count). The minimum atomic E-state index is 0.902. The zero-order valence-electron chi connectivity index (χ0n) is 10.6. The van der Waals surface area contributed by atoms with Gasteiger partial charge in [-0.15, -0.1) is 11.3 Å². The topological polar surface area (TPSA) is 34.2 Å². The standard InChI is InChI=1S/C14H16N2OS/c1-3-15-14-16-13-11-8-10(17-2)6-4-9(11)5-7-12(13)18-14/h4,6,8H,3,5,7H2,1-2H3,(H,15,16). The van der Waals surface area contributed by atoms with Crippen molar-refractivity contribution in [2.75, 3.05) is 19.0 Å². The SMILES string of the molecule is CCNc1nc2c(s1)CCc1ccc(OC)cc1-2. The van der Waals surface area contributed by atoms with Crippen LogP contribution in [0.15, 0.2) is 18.2 Å². The number of nitrogens with one attached hydrogen (secondary N) is 1. The lowest BCUT2D eigenvalue weighted by Crippen LogP contribution is -2.02. The summed E-state index contributed by atoms with van der Waals surface area (Å²) in [6.07, 6.45) is 2.19. The zero-order chi connectivity index (χ0) is 12.5. The highest BCUT2D eigenvalue weighted by molar-refractivity contribution is 7.16. The monoisotopic (exact) mass is 260 g/mol. The first-order valence-corrected chi connectivity index (χ1v) is 7.04. The van der Waals surface area contributed by atoms with E-state index in [1.807, 2.05) is 6.07 Å². The molecule has 0 amide bonds. The van der Waals surface area contributed by atoms with Gasteiger partial charge in [0.25, 0.3) is 0 Å². The van der Waals surface area contributed by atoms with E-state index in [1.165, 1.54) is 16.0 Å². The molecule has 18 heavy (non-hydrogen) atoms. The summed E-state index contributed by atoms with van der Waals surface area (Å²) in [5.74, 6) is 0.902. The molecule has 0 unspecified atom stereocenters. The van der Waals surface area contributed by atoms with Crippen LogP contribution < -0.4 is 10.1 Å². The largest absolute Gasteiger partial charge is 0.497 e. The van der Waals surface area contributed by atoms with E-state index in [0.717, 1.165) is 36.0 Å². The maximum Gasteiger partial charge on any atom is 0.183 e. The summed E-state index contributed by atoms with van der Waals surface area (Å²) in [6.45, 7) is 3.01. The summed E-state index contributed by atoms with van der Waals surface area (Å²) in [4.78, 5) is 6.09. The van der Waals surface area contributed by atoms with Gasteiger partial charge in [-0.25, -0.2) is 4.98 Å². The summed E-state index contributed by atoms with van der Waals surface area (Å²) >= 11 is 1.77. The van der Waals surface area contributed by atoms with Crippen molar-refractivity contribution in [2.45, 2.75) is 19.8 Å². The number of nitrogens with zero attached hydrogens (tertiary/aromatic N) is 1. The number of aryl methyl sites for hydroxylation is 2. The van der Waals surface area contributed by atoms with E-state index in [1.54, 1.807) is 18.4 Å². The van der Waals surface area contributed by atoms with Gasteiger partial charge in [0, 0.05) is 17.0 Å². The third-order valence-corrected chi connectivity index (χ3v) is 4.29. The number of methoxy groups -OCH3 is 1. The number of rotatable bonds is 3. The van der Waals surface area contributed by atoms with Gasteiger partial charge in [0.15, 0.2) is 5.13 Å². The third-order valence-electron chi connectivity index (χ3n) is 3.22. The number of hydrogen-bond acceptors (Lipinski definition) is 4. The van der Waals surface area contributed by atoms with Crippen molar-refractivity contribution >= 4 is 16.5 Å². The van der Waals surface area contributed by atoms with Crippen LogP contribution in [0.25, 0.3) is 11.3 Å². The smallest absolute Gasteiger partial charge is 0.183 e. The summed E-state index contributed by atoms with van der Waals surface area (Å²) in [5.41, 5.74) is 3.74. The summed E-state index contributed by atoms with van der Waals surface area (Å²) in [6, 6.07) is 6.29. The van der Waals surface area contributed by atoms with E-state index < -0.39 is 0 Å². The molecule has 0 spiro atoms. The second kappa shape index (κ2) is 4.61. The van der Waals surface area contributed by atoms with E-state index >= 15 is 0 Å². The predicted molar refractivity (Wildman–Crippen MR) is 75.7 cm³/mol. The van der Waals surface area contributed by atoms with Gasteiger partial charge >= 0.3 is 0 Å². The van der Waals surface area contributed by atoms with Crippen LogP contribution in [0.2, 0.25) is 0 Å². The van der Waals surface area contributed by atoms with E-state index in [9.17, 15) is 0 Å². The van der Waals surface area contributed by atoms with Gasteiger partial charge in [-0.05, 0) is 37.5 Å². The van der Waals surface area contributed by atoms with Crippen molar-refractivity contribution in [1.82, 2.24) is 4.98 Å². The number of thiazole rings is 1. The average Bonchev–Trinajstić information content (AvgIpc) is 2.81. The van der Waals surface area contributed by atoms with Crippen molar-refractivity contribution in [1.29, 1.82) is 0 Å². The average molecular weight is 260 g/mol. The molecule has 1 heterocycles. The molecule has 1 aliphatic rings. The summed E-state index contributed by atoms with van der Waals surface area (Å²) in [7, 11) is 1.70. The number of aromatic nitrogens is 1. The second-order valence-electron chi connectivity index (χ2n) is 4.34. The van der Waals surface area contributed by atoms with Crippen LogP contribution in [-0.4, -0.2) is 18.6 Å². The molecule has 0 saturated heterocycles. The molecule has 0 fully saturated rings. The predicted octanol–water partition coefficient (Wildman–Crippen LogP) is 3.35. The van der Waals surface area contributed by atoms with Crippen LogP contribution in [0.3, 0.4) is 0 Å². The summed E-state index contributed by atoms with van der Waals surface area (Å²) in [5, 5.41) is 4.33. The molecule has 0 saturated carbocycles. The van der Waals surface area contributed by atoms with Crippen molar-refractivity contribution < 1.29 is 4.74 Å². The normalized spacial score (nSPS) is 12.8. The molecule has 0 radical (unpaired) electrons. The van der Waals surface area contributed by atoms with E-state index in [4.69, 9.17) is 9.72 Å². The number of benzene rings is 1. The molecule has 2 aromatic rings. The molecular weight excluding hydrogens is 244 g/mol. The first-order valence-electron chi connectivity index (χ1n) is 6.22. The Balaban J connectivity index is 2.08. The first-order chi connectivity index (χ1) is 8.81. The van der Waals surface area contributed by atoms with Crippen LogP contribution in [-0.2, 0) is 12.8 Å². The van der Waals surface area contributed by atoms with Crippen LogP contribution in [0, 0.1) is 0 Å². The minimum absolute atomic E-state index is 0.902. The molecule has 1 aliphatic carbocycles. The Morgan fingerprint density at radius 1 is 1.39 bits per heavy atom. The highest BCUT2D eigenvalue weighted by Crippen LogP contribution is 2.39. The maximum absolute atomic E-state index is 5.31. The van der Waals surface area contributed by atoms with Gasteiger partial charge in [-0.2, -0.15) is 0 Å². The molecule has 3 nitrogen and oxygen atoms in total. The van der Waals surface area contributed by atoms with E-state index in [2.05, 4.69) is 24.4 Å². The molecule has 0 bridgehead atoms. The molecule has 1 aromatic carbocycles. The van der Waals surface area contributed by atoms with Gasteiger partial charge in [0.05, 0.1) is 12.8 Å². The number of ether oxygens (including phenoxy) is 1. The van der Waals surface area contributed by atoms with Gasteiger partial charge in [-0.1, -0.05) is 6.07 Å². The first kappa shape index (κ1) is 11.5. The quantitative estimate of drug-likeness (QED) is 0.919. The zero-order valence-corrected chi connectivity index (χ0v) is 11.4. The van der Waals surface area contributed by atoms with E-state index in [-0.39, 0.29) is 0 Å². The third kappa shape index (κ3) is 1.86. The lowest BCUT2D eigenvalue weighted by Gasteiger charge is -2.15. The van der Waals surface area contributed by atoms with Crippen molar-refractivity contribution in [3.8, 4) is 17.0 Å². The van der Waals surface area contributed by atoms with Gasteiger partial charge in [-0.3, -0.25) is 0 Å². The second-order valence-corrected chi connectivity index (χ2v) is 5.43. The Hall–Kier alpha value is -1.55. The van der Waals surface area contributed by atoms with Crippen LogP contribution in [0.5, 0.6) is 5.75 Å². The van der Waals surface area contributed by atoms with E-state index in [0.29, 0.717) is 0 Å². The Morgan fingerprint density at radius 3 is 3.06 bits per heavy atom. The van der Waals surface area contributed by atoms with Gasteiger partial charge < -0.3 is 10.1 Å². The minimum Gasteiger partial charge on any atom is -0.497 e. The van der Waals surface area contributed by atoms with Crippen LogP contribution in [0.4, 0.5) is 5.13 Å². The molecular formula is C14H16N2OS. The Labute approximate surface area is 111 Å². The fraction of sp³-hybridized carbons (Fsp3) is 0.357. The number of anilines is 1. The molecule has 1 aromatic heterocycles. The molecule has 4 heteroatoms. The molecule has 1 N–H and O–H groups in total. The molecule has 0 atom stereocenters. The molecule has 94 valence electrons. The highest BCUT2D eigenvalue weighted by Gasteiger charge is 2.21. The fourth-order valence-corrected chi connectivity index (χ4v) is 3.37. The lowest BCUT2D eigenvalue weighted by atomic mass is 9.93. The maximum atomic E-state index is 5.31. The van der Waals surface area contributed by atoms with Crippen molar-refractivity contribution in [2.24, 2.45) is 0 Å². The Bertz CT molecular complexity index is 577. The van der Waals surface area contributed by atoms with Crippen LogP contribution >= 0.6 is 11.3 Å². The van der Waals surface area contributed by atoms with Gasteiger partial charge in [0.2, 0.25) is 0 Å². The van der Waals surface area contributed by atoms with Crippen molar-refractivity contribution in [3.05, 3.63) is 28.6 Å². The lowest BCUT2D eigenvalue weighted by molar-refractivity contribution is 0.415. The molecule has 0 aliphatic heterocycles. The number of fused-ring (bicyclic) bond motifs is 3. The highest BCUT2D eigenvalue weighted by atomic mass is 32.1.